The molecule has 0 fully saturated rings. The minimum absolute atomic E-state index is 0.0253. The Labute approximate surface area is 217 Å². The molecular formula is C27H24Cl2N2O5. The number of benzene rings is 3. The molecule has 1 aliphatic heterocycles. The molecule has 0 spiro atoms. The number of rotatable bonds is 6. The number of aromatic nitrogens is 1. The molecular weight excluding hydrogens is 503 g/mol. The lowest BCUT2D eigenvalue weighted by atomic mass is 9.92. The second-order valence-corrected chi connectivity index (χ2v) is 9.41. The number of fused-ring (bicyclic) bond motifs is 3. The van der Waals surface area contributed by atoms with E-state index in [1.807, 2.05) is 30.3 Å². The number of carbonyl (C=O) groups excluding carboxylic acids is 1. The Morgan fingerprint density at radius 1 is 1.11 bits per heavy atom. The van der Waals surface area contributed by atoms with Gasteiger partial charge >= 0.3 is 6.09 Å². The second-order valence-electron chi connectivity index (χ2n) is 8.57. The van der Waals surface area contributed by atoms with Gasteiger partial charge in [0, 0.05) is 28.2 Å². The Balaban J connectivity index is 1.51. The molecule has 2 atom stereocenters. The number of nitrogens with one attached hydrogen (secondary N) is 1. The molecule has 0 saturated carbocycles. The first-order valence-corrected chi connectivity index (χ1v) is 12.2. The van der Waals surface area contributed by atoms with E-state index in [0.29, 0.717) is 34.5 Å². The van der Waals surface area contributed by atoms with Gasteiger partial charge in [-0.05, 0) is 60.0 Å². The van der Waals surface area contributed by atoms with Gasteiger partial charge in [-0.3, -0.25) is 4.90 Å². The minimum Gasteiger partial charge on any atom is -0.491 e. The Morgan fingerprint density at radius 3 is 2.64 bits per heavy atom. The minimum atomic E-state index is -0.959. The molecule has 1 aromatic heterocycles. The number of ether oxygens (including phenoxy) is 2. The Bertz CT molecular complexity index is 1390. The number of aliphatic hydroxyl groups excluding tert-OH is 2. The van der Waals surface area contributed by atoms with Crippen molar-refractivity contribution in [1.29, 1.82) is 0 Å². The Morgan fingerprint density at radius 2 is 1.89 bits per heavy atom. The molecule has 3 aromatic carbocycles. The number of aromatic amines is 1. The zero-order chi connectivity index (χ0) is 25.2. The summed E-state index contributed by atoms with van der Waals surface area (Å²) in [5, 5.41) is 20.6. The Kier molecular flexibility index (Phi) is 7.07. The third kappa shape index (κ3) is 4.88. The summed E-state index contributed by atoms with van der Waals surface area (Å²) in [5.41, 5.74) is 3.78. The third-order valence-corrected chi connectivity index (χ3v) is 6.75. The summed E-state index contributed by atoms with van der Waals surface area (Å²) >= 11 is 12.5. The lowest BCUT2D eigenvalue weighted by Gasteiger charge is -2.35. The monoisotopic (exact) mass is 526 g/mol. The van der Waals surface area contributed by atoms with Gasteiger partial charge in [-0.1, -0.05) is 47.5 Å². The van der Waals surface area contributed by atoms with Crippen molar-refractivity contribution in [1.82, 2.24) is 9.88 Å². The molecule has 186 valence electrons. The van der Waals surface area contributed by atoms with Crippen LogP contribution in [0.5, 0.6) is 11.5 Å². The molecule has 5 rings (SSSR count). The number of halogens is 2. The van der Waals surface area contributed by atoms with E-state index in [0.717, 1.165) is 27.7 Å². The first kappa shape index (κ1) is 24.5. The molecule has 1 aliphatic rings. The summed E-state index contributed by atoms with van der Waals surface area (Å²) in [6, 6.07) is 19.4. The van der Waals surface area contributed by atoms with Gasteiger partial charge in [-0.25, -0.2) is 4.79 Å². The van der Waals surface area contributed by atoms with E-state index in [1.54, 1.807) is 41.3 Å². The van der Waals surface area contributed by atoms with Crippen LogP contribution in [-0.2, 0) is 6.42 Å². The summed E-state index contributed by atoms with van der Waals surface area (Å²) in [6.07, 6.45) is -0.843. The zero-order valence-corrected chi connectivity index (χ0v) is 20.7. The maximum Gasteiger partial charge on any atom is 0.416 e. The summed E-state index contributed by atoms with van der Waals surface area (Å²) in [5.74, 6) is 0.833. The van der Waals surface area contributed by atoms with Crippen LogP contribution in [0, 0.1) is 0 Å². The summed E-state index contributed by atoms with van der Waals surface area (Å²) in [6.45, 7) is 0.0275. The maximum atomic E-state index is 13.4. The van der Waals surface area contributed by atoms with Crippen LogP contribution in [0.1, 0.15) is 22.9 Å². The average molecular weight is 527 g/mol. The van der Waals surface area contributed by atoms with Gasteiger partial charge < -0.3 is 24.7 Å². The highest BCUT2D eigenvalue weighted by Gasteiger charge is 2.36. The van der Waals surface area contributed by atoms with Crippen LogP contribution in [0.2, 0.25) is 10.0 Å². The molecule has 3 N–H and O–H groups in total. The van der Waals surface area contributed by atoms with Crippen molar-refractivity contribution < 1.29 is 24.5 Å². The lowest BCUT2D eigenvalue weighted by molar-refractivity contribution is 0.0536. The van der Waals surface area contributed by atoms with E-state index in [2.05, 4.69) is 4.98 Å². The number of hydrogen-bond acceptors (Lipinski definition) is 5. The molecule has 0 radical (unpaired) electrons. The van der Waals surface area contributed by atoms with Gasteiger partial charge in [0.1, 0.15) is 24.5 Å². The molecule has 36 heavy (non-hydrogen) atoms. The van der Waals surface area contributed by atoms with Crippen LogP contribution >= 0.6 is 23.2 Å². The van der Waals surface area contributed by atoms with Gasteiger partial charge in [0.05, 0.1) is 11.6 Å². The van der Waals surface area contributed by atoms with Crippen molar-refractivity contribution in [3.8, 4) is 11.5 Å². The molecule has 0 aliphatic carbocycles. The highest BCUT2D eigenvalue weighted by atomic mass is 35.5. The first-order chi connectivity index (χ1) is 17.4. The van der Waals surface area contributed by atoms with Crippen LogP contribution < -0.4 is 9.47 Å². The standard InChI is InChI=1S/C27H24Cl2N2O5/c28-17-7-10-23-21(13-17)20-11-12-31(27(34)36-24-4-2-1-3-22(24)29)26(25(20)30-23)16-5-8-19(9-6-16)35-15-18(33)14-32/h1-10,13,18,26,30,32-33H,11-12,14-15H2. The zero-order valence-electron chi connectivity index (χ0n) is 19.2. The number of nitrogens with zero attached hydrogens (tertiary/aromatic N) is 1. The SMILES string of the molecule is O=C(Oc1ccccc1Cl)N1CCc2c([nH]c3ccc(Cl)cc23)C1c1ccc(OCC(O)CO)cc1. The number of hydrogen-bond donors (Lipinski definition) is 3. The topological polar surface area (TPSA) is 95.0 Å². The summed E-state index contributed by atoms with van der Waals surface area (Å²) in [7, 11) is 0. The predicted octanol–water partition coefficient (Wildman–Crippen LogP) is 5.35. The van der Waals surface area contributed by atoms with Crippen LogP contribution in [0.4, 0.5) is 4.79 Å². The van der Waals surface area contributed by atoms with Crippen LogP contribution in [-0.4, -0.2) is 52.1 Å². The predicted molar refractivity (Wildman–Crippen MR) is 138 cm³/mol. The van der Waals surface area contributed by atoms with E-state index in [9.17, 15) is 9.90 Å². The van der Waals surface area contributed by atoms with Crippen molar-refractivity contribution in [2.24, 2.45) is 0 Å². The number of H-pyrrole nitrogens is 1. The molecule has 2 heterocycles. The van der Waals surface area contributed by atoms with Gasteiger partial charge in [-0.15, -0.1) is 0 Å². The number of aliphatic hydroxyl groups is 2. The van der Waals surface area contributed by atoms with Crippen LogP contribution in [0.3, 0.4) is 0 Å². The van der Waals surface area contributed by atoms with E-state index < -0.39 is 18.2 Å². The van der Waals surface area contributed by atoms with E-state index in [1.165, 1.54) is 0 Å². The molecule has 0 bridgehead atoms. The molecule has 9 heteroatoms. The smallest absolute Gasteiger partial charge is 0.416 e. The second kappa shape index (κ2) is 10.4. The summed E-state index contributed by atoms with van der Waals surface area (Å²) < 4.78 is 11.2. The van der Waals surface area contributed by atoms with Gasteiger partial charge in [-0.2, -0.15) is 0 Å². The van der Waals surface area contributed by atoms with Crippen LogP contribution in [0.15, 0.2) is 66.7 Å². The number of para-hydroxylation sites is 1. The summed E-state index contributed by atoms with van der Waals surface area (Å²) in [4.78, 5) is 18.6. The van der Waals surface area contributed by atoms with E-state index >= 15 is 0 Å². The van der Waals surface area contributed by atoms with Gasteiger partial charge in [0.2, 0.25) is 0 Å². The fraction of sp³-hybridized carbons (Fsp3) is 0.222. The lowest BCUT2D eigenvalue weighted by Crippen LogP contribution is -2.42. The fourth-order valence-corrected chi connectivity index (χ4v) is 4.82. The van der Waals surface area contributed by atoms with Crippen molar-refractivity contribution in [3.05, 3.63) is 93.6 Å². The number of amides is 1. The molecule has 1 amide bonds. The van der Waals surface area contributed by atoms with Crippen molar-refractivity contribution >= 4 is 40.2 Å². The third-order valence-electron chi connectivity index (χ3n) is 6.21. The fourth-order valence-electron chi connectivity index (χ4n) is 4.48. The van der Waals surface area contributed by atoms with Crippen molar-refractivity contribution in [3.63, 3.8) is 0 Å². The first-order valence-electron chi connectivity index (χ1n) is 11.5. The van der Waals surface area contributed by atoms with Crippen molar-refractivity contribution in [2.75, 3.05) is 19.8 Å². The van der Waals surface area contributed by atoms with Crippen LogP contribution in [0.25, 0.3) is 10.9 Å². The highest BCUT2D eigenvalue weighted by Crippen LogP contribution is 2.40. The maximum absolute atomic E-state index is 13.4. The van der Waals surface area contributed by atoms with E-state index in [-0.39, 0.29) is 13.2 Å². The normalized spacial score (nSPS) is 16.0. The van der Waals surface area contributed by atoms with E-state index in [4.69, 9.17) is 37.8 Å². The largest absolute Gasteiger partial charge is 0.491 e. The highest BCUT2D eigenvalue weighted by molar-refractivity contribution is 6.32. The van der Waals surface area contributed by atoms with Crippen molar-refractivity contribution in [2.45, 2.75) is 18.6 Å². The molecule has 0 saturated heterocycles. The Hall–Kier alpha value is -3.23. The van der Waals surface area contributed by atoms with Gasteiger partial charge in [0.25, 0.3) is 0 Å². The quantitative estimate of drug-likeness (QED) is 0.314. The molecule has 4 aromatic rings. The molecule has 7 nitrogen and oxygen atoms in total. The average Bonchev–Trinajstić information content (AvgIpc) is 3.26. The number of carbonyl (C=O) groups is 1. The molecule has 2 unspecified atom stereocenters. The van der Waals surface area contributed by atoms with Gasteiger partial charge in [0.15, 0.2) is 5.75 Å².